The molecule has 25 heavy (non-hydrogen) atoms. The molecule has 1 aliphatic carbocycles. The van der Waals surface area contributed by atoms with E-state index >= 15 is 0 Å². The van der Waals surface area contributed by atoms with Crippen LogP contribution < -0.4 is 4.90 Å². The molecule has 1 saturated carbocycles. The summed E-state index contributed by atoms with van der Waals surface area (Å²) in [6.45, 7) is 0.531. The van der Waals surface area contributed by atoms with Gasteiger partial charge in [0, 0.05) is 36.1 Å². The van der Waals surface area contributed by atoms with E-state index in [1.165, 1.54) is 6.07 Å². The number of hydrogen-bond acceptors (Lipinski definition) is 3. The predicted octanol–water partition coefficient (Wildman–Crippen LogP) is 3.34. The summed E-state index contributed by atoms with van der Waals surface area (Å²) in [7, 11) is 0. The maximum Gasteiger partial charge on any atom is 0.278 e. The molecule has 1 aromatic carbocycles. The second-order valence-electron chi connectivity index (χ2n) is 6.97. The quantitative estimate of drug-likeness (QED) is 0.685. The minimum Gasteiger partial charge on any atom is -0.306 e. The molecule has 1 aliphatic heterocycles. The van der Waals surface area contributed by atoms with Gasteiger partial charge in [0.2, 0.25) is 5.78 Å². The van der Waals surface area contributed by atoms with Crippen molar-refractivity contribution in [2.24, 2.45) is 0 Å². The van der Waals surface area contributed by atoms with Gasteiger partial charge < -0.3 is 4.90 Å². The van der Waals surface area contributed by atoms with Crippen molar-refractivity contribution in [3.63, 3.8) is 0 Å². The SMILES string of the molecule is O=C(c1cn2cccnc2n1)N1CC2(CCCC2)c2c(F)cccc21. The molecule has 0 N–H and O–H groups in total. The molecule has 3 heterocycles. The summed E-state index contributed by atoms with van der Waals surface area (Å²) >= 11 is 0. The van der Waals surface area contributed by atoms with E-state index in [-0.39, 0.29) is 17.1 Å². The topological polar surface area (TPSA) is 50.5 Å². The molecule has 1 amide bonds. The zero-order chi connectivity index (χ0) is 17.0. The number of halogens is 1. The summed E-state index contributed by atoms with van der Waals surface area (Å²) in [5.41, 5.74) is 1.50. The van der Waals surface area contributed by atoms with Gasteiger partial charge in [-0.1, -0.05) is 18.9 Å². The second-order valence-corrected chi connectivity index (χ2v) is 6.97. The Kier molecular flexibility index (Phi) is 2.98. The lowest BCUT2D eigenvalue weighted by Crippen LogP contribution is -2.35. The van der Waals surface area contributed by atoms with Crippen molar-refractivity contribution in [3.8, 4) is 0 Å². The Balaban J connectivity index is 1.60. The van der Waals surface area contributed by atoms with Gasteiger partial charge in [0.05, 0.1) is 5.69 Å². The van der Waals surface area contributed by atoms with E-state index in [0.717, 1.165) is 25.7 Å². The van der Waals surface area contributed by atoms with E-state index in [4.69, 9.17) is 0 Å². The van der Waals surface area contributed by atoms with Crippen molar-refractivity contribution in [3.05, 3.63) is 59.9 Å². The molecule has 126 valence electrons. The molecule has 0 bridgehead atoms. The molecule has 0 radical (unpaired) electrons. The lowest BCUT2D eigenvalue weighted by Gasteiger charge is -2.24. The minimum absolute atomic E-state index is 0.193. The number of aromatic nitrogens is 3. The van der Waals surface area contributed by atoms with Crippen LogP contribution in [-0.2, 0) is 5.41 Å². The van der Waals surface area contributed by atoms with Gasteiger partial charge in [-0.3, -0.25) is 9.20 Å². The number of benzene rings is 1. The molecule has 3 aromatic rings. The molecule has 0 unspecified atom stereocenters. The number of anilines is 1. The zero-order valence-corrected chi connectivity index (χ0v) is 13.7. The van der Waals surface area contributed by atoms with E-state index in [1.807, 2.05) is 12.3 Å². The molecule has 1 fully saturated rings. The molecule has 6 heteroatoms. The summed E-state index contributed by atoms with van der Waals surface area (Å²) < 4.78 is 16.3. The third-order valence-electron chi connectivity index (χ3n) is 5.53. The van der Waals surface area contributed by atoms with Crippen molar-refractivity contribution in [2.75, 3.05) is 11.4 Å². The fourth-order valence-corrected chi connectivity index (χ4v) is 4.44. The average Bonchev–Trinajstić information content (AvgIpc) is 3.33. The highest BCUT2D eigenvalue weighted by molar-refractivity contribution is 6.06. The highest BCUT2D eigenvalue weighted by atomic mass is 19.1. The number of fused-ring (bicyclic) bond motifs is 3. The van der Waals surface area contributed by atoms with Crippen molar-refractivity contribution in [1.82, 2.24) is 14.4 Å². The van der Waals surface area contributed by atoms with Gasteiger partial charge in [0.15, 0.2) is 0 Å². The van der Waals surface area contributed by atoms with Gasteiger partial charge in [-0.15, -0.1) is 0 Å². The summed E-state index contributed by atoms with van der Waals surface area (Å²) in [6.07, 6.45) is 9.15. The number of carbonyl (C=O) groups excluding carboxylic acids is 1. The molecule has 2 aromatic heterocycles. The van der Waals surface area contributed by atoms with E-state index < -0.39 is 0 Å². The average molecular weight is 336 g/mol. The fraction of sp³-hybridized carbons (Fsp3) is 0.316. The molecule has 0 saturated heterocycles. The van der Waals surface area contributed by atoms with Crippen molar-refractivity contribution in [1.29, 1.82) is 0 Å². The largest absolute Gasteiger partial charge is 0.306 e. The van der Waals surface area contributed by atoms with Crippen LogP contribution in [0.5, 0.6) is 0 Å². The van der Waals surface area contributed by atoms with Gasteiger partial charge >= 0.3 is 0 Å². The summed E-state index contributed by atoms with van der Waals surface area (Å²) in [6, 6.07) is 6.81. The van der Waals surface area contributed by atoms with Crippen LogP contribution in [-0.4, -0.2) is 26.8 Å². The Morgan fingerprint density at radius 3 is 2.84 bits per heavy atom. The Bertz CT molecular complexity index is 957. The minimum atomic E-state index is -0.242. The van der Waals surface area contributed by atoms with Crippen LogP contribution >= 0.6 is 0 Å². The first-order valence-corrected chi connectivity index (χ1v) is 8.59. The lowest BCUT2D eigenvalue weighted by atomic mass is 9.80. The smallest absolute Gasteiger partial charge is 0.278 e. The van der Waals surface area contributed by atoms with Crippen LogP contribution in [0.25, 0.3) is 5.78 Å². The molecular weight excluding hydrogens is 319 g/mol. The highest BCUT2D eigenvalue weighted by Gasteiger charge is 2.48. The maximum atomic E-state index is 14.6. The Morgan fingerprint density at radius 1 is 1.20 bits per heavy atom. The summed E-state index contributed by atoms with van der Waals surface area (Å²) in [5.74, 6) is 0.0904. The fourth-order valence-electron chi connectivity index (χ4n) is 4.44. The van der Waals surface area contributed by atoms with Crippen molar-refractivity contribution >= 4 is 17.4 Å². The van der Waals surface area contributed by atoms with E-state index in [2.05, 4.69) is 9.97 Å². The number of amides is 1. The third kappa shape index (κ3) is 2.03. The first kappa shape index (κ1) is 14.6. The number of nitrogens with zero attached hydrogens (tertiary/aromatic N) is 4. The first-order chi connectivity index (χ1) is 12.2. The Hall–Kier alpha value is -2.76. The third-order valence-corrected chi connectivity index (χ3v) is 5.53. The van der Waals surface area contributed by atoms with E-state index in [1.54, 1.807) is 33.8 Å². The zero-order valence-electron chi connectivity index (χ0n) is 13.7. The van der Waals surface area contributed by atoms with Crippen molar-refractivity contribution < 1.29 is 9.18 Å². The molecule has 0 atom stereocenters. The molecule has 2 aliphatic rings. The van der Waals surface area contributed by atoms with Crippen LogP contribution in [0.4, 0.5) is 10.1 Å². The van der Waals surface area contributed by atoms with Gasteiger partial charge in [-0.05, 0) is 31.0 Å². The van der Waals surface area contributed by atoms with Crippen molar-refractivity contribution in [2.45, 2.75) is 31.1 Å². The summed E-state index contributed by atoms with van der Waals surface area (Å²) in [4.78, 5) is 23.3. The Morgan fingerprint density at radius 2 is 2.04 bits per heavy atom. The highest BCUT2D eigenvalue weighted by Crippen LogP contribution is 2.51. The monoisotopic (exact) mass is 336 g/mol. The molecule has 5 rings (SSSR count). The first-order valence-electron chi connectivity index (χ1n) is 8.59. The van der Waals surface area contributed by atoms with Crippen LogP contribution in [0.15, 0.2) is 42.9 Å². The van der Waals surface area contributed by atoms with Crippen LogP contribution in [0.3, 0.4) is 0 Å². The standard InChI is InChI=1S/C19H17FN4O/c20-13-5-3-6-15-16(13)19(7-1-2-8-19)12-24(15)17(25)14-11-23-10-4-9-21-18(23)22-14/h3-6,9-11H,1-2,7-8,12H2. The van der Waals surface area contributed by atoms with Crippen LogP contribution in [0.1, 0.15) is 41.7 Å². The van der Waals surface area contributed by atoms with Crippen LogP contribution in [0.2, 0.25) is 0 Å². The van der Waals surface area contributed by atoms with E-state index in [9.17, 15) is 9.18 Å². The second kappa shape index (κ2) is 5.12. The van der Waals surface area contributed by atoms with Gasteiger partial charge in [-0.25, -0.2) is 14.4 Å². The molecular formula is C19H17FN4O. The summed E-state index contributed by atoms with van der Waals surface area (Å²) in [5, 5.41) is 0. The molecule has 1 spiro atoms. The normalized spacial score (nSPS) is 18.2. The van der Waals surface area contributed by atoms with E-state index in [0.29, 0.717) is 29.3 Å². The Labute approximate surface area is 144 Å². The number of carbonyl (C=O) groups is 1. The maximum absolute atomic E-state index is 14.6. The predicted molar refractivity (Wildman–Crippen MR) is 91.2 cm³/mol. The number of imidazole rings is 1. The number of rotatable bonds is 1. The molecule has 5 nitrogen and oxygen atoms in total. The van der Waals surface area contributed by atoms with Gasteiger partial charge in [-0.2, -0.15) is 0 Å². The lowest BCUT2D eigenvalue weighted by molar-refractivity contribution is 0.0980. The van der Waals surface area contributed by atoms with Gasteiger partial charge in [0.25, 0.3) is 5.91 Å². The number of hydrogen-bond donors (Lipinski definition) is 0. The van der Waals surface area contributed by atoms with Gasteiger partial charge in [0.1, 0.15) is 11.5 Å². The van der Waals surface area contributed by atoms with Crippen LogP contribution in [0, 0.1) is 5.82 Å².